The zero-order chi connectivity index (χ0) is 95.5. The van der Waals surface area contributed by atoms with Crippen molar-refractivity contribution in [1.82, 2.24) is 83.8 Å². The number of thiol groups is 1. The number of carbonyl (C=O) groups excluding carboxylic acids is 15. The minimum Gasteiger partial charge on any atom is -0.508 e. The number of aliphatic hydroxyl groups is 3. The van der Waals surface area contributed by atoms with Crippen LogP contribution in [0.2, 0.25) is 0 Å². The van der Waals surface area contributed by atoms with E-state index < -0.39 is 247 Å². The number of phenols is 1. The van der Waals surface area contributed by atoms with Gasteiger partial charge in [0.15, 0.2) is 5.96 Å². The molecule has 3 saturated heterocycles. The number of nitrogens with one attached hydrogen (secondary N) is 14. The fourth-order valence-corrected chi connectivity index (χ4v) is 14.9. The Kier molecular flexibility index (Phi) is 43.7. The Morgan fingerprint density at radius 2 is 0.906 bits per heavy atom. The van der Waals surface area contributed by atoms with E-state index in [1.165, 1.54) is 41.0 Å². The molecule has 0 aromatic heterocycles. The highest BCUT2D eigenvalue weighted by Gasteiger charge is 2.46. The molecule has 45 nitrogen and oxygen atoms in total. The largest absolute Gasteiger partial charge is 0.508 e. The van der Waals surface area contributed by atoms with Crippen molar-refractivity contribution in [3.63, 3.8) is 0 Å². The maximum absolute atomic E-state index is 14.6. The zero-order valence-corrected chi connectivity index (χ0v) is 73.6. The molecule has 0 bridgehead atoms. The molecule has 0 saturated carbocycles. The lowest BCUT2D eigenvalue weighted by Gasteiger charge is -2.32. The van der Waals surface area contributed by atoms with Crippen LogP contribution < -0.4 is 86.3 Å². The summed E-state index contributed by atoms with van der Waals surface area (Å²) in [7, 11) is 0. The quantitative estimate of drug-likeness (QED) is 0.0127. The summed E-state index contributed by atoms with van der Waals surface area (Å²) < 4.78 is 0. The number of carbonyl (C=O) groups is 18. The molecule has 0 aliphatic carbocycles. The van der Waals surface area contributed by atoms with E-state index in [1.54, 1.807) is 58.0 Å². The van der Waals surface area contributed by atoms with Crippen LogP contribution in [0.25, 0.3) is 0 Å². The summed E-state index contributed by atoms with van der Waals surface area (Å²) in [5, 5.41) is 112. The number of rotatable bonds is 52. The summed E-state index contributed by atoms with van der Waals surface area (Å²) in [5.41, 5.74) is 17.9. The lowest BCUT2D eigenvalue weighted by molar-refractivity contribution is -0.146. The first-order valence-corrected chi connectivity index (χ1v) is 43.2. The van der Waals surface area contributed by atoms with Gasteiger partial charge < -0.3 is 137 Å². The first kappa shape index (κ1) is 107. The third-order valence-electron chi connectivity index (χ3n) is 21.7. The Labute approximate surface area is 745 Å². The van der Waals surface area contributed by atoms with Crippen LogP contribution in [-0.4, -0.2) is 317 Å². The number of carboxylic acid groups (broad SMARTS) is 3. The van der Waals surface area contributed by atoms with Gasteiger partial charge in [0.05, 0.1) is 31.3 Å². The van der Waals surface area contributed by atoms with Crippen molar-refractivity contribution in [3.8, 4) is 5.75 Å². The van der Waals surface area contributed by atoms with Crippen LogP contribution in [0.4, 0.5) is 0 Å². The predicted molar refractivity (Wildman–Crippen MR) is 460 cm³/mol. The normalized spacial score (nSPS) is 18.4. The van der Waals surface area contributed by atoms with Crippen molar-refractivity contribution in [1.29, 1.82) is 5.41 Å². The molecule has 710 valence electrons. The van der Waals surface area contributed by atoms with Crippen molar-refractivity contribution in [2.75, 3.05) is 45.1 Å². The summed E-state index contributed by atoms with van der Waals surface area (Å²) in [4.78, 5) is 252. The number of hydrogen-bond donors (Lipinski definition) is 25. The molecule has 3 fully saturated rings. The number of aliphatic hydroxyl groups excluding tert-OH is 3. The monoisotopic (exact) mass is 1820 g/mol. The van der Waals surface area contributed by atoms with E-state index in [-0.39, 0.29) is 114 Å². The number of hydrogen-bond acceptors (Lipinski definition) is 26. The van der Waals surface area contributed by atoms with Crippen LogP contribution in [0.15, 0.2) is 54.6 Å². The number of benzene rings is 2. The fraction of sp³-hybridized carbons (Fsp3) is 0.622. The second kappa shape index (κ2) is 52.4. The average Bonchev–Trinajstić information content (AvgIpc) is 1.64. The van der Waals surface area contributed by atoms with Gasteiger partial charge in [-0.05, 0) is 146 Å². The first-order chi connectivity index (χ1) is 60.4. The molecule has 3 aliphatic rings. The van der Waals surface area contributed by atoms with Gasteiger partial charge in [-0.3, -0.25) is 86.9 Å². The van der Waals surface area contributed by atoms with Gasteiger partial charge in [-0.25, -0.2) is 4.79 Å². The molecule has 2 aromatic carbocycles. The molecule has 3 aliphatic heterocycles. The van der Waals surface area contributed by atoms with Crippen molar-refractivity contribution < 1.29 is 122 Å². The number of likely N-dealkylation sites (tertiary alicyclic amines) is 3. The fourth-order valence-electron chi connectivity index (χ4n) is 14.7. The van der Waals surface area contributed by atoms with Gasteiger partial charge in [-0.1, -0.05) is 70.2 Å². The second-order valence-corrected chi connectivity index (χ2v) is 33.1. The van der Waals surface area contributed by atoms with Gasteiger partial charge in [-0.2, -0.15) is 12.6 Å². The average molecular weight is 1820 g/mol. The lowest BCUT2D eigenvalue weighted by atomic mass is 9.99. The number of aliphatic carboxylic acids is 3. The van der Waals surface area contributed by atoms with Crippen LogP contribution in [0.3, 0.4) is 0 Å². The van der Waals surface area contributed by atoms with E-state index in [0.29, 0.717) is 43.2 Å². The van der Waals surface area contributed by atoms with Crippen molar-refractivity contribution >= 4 is 125 Å². The van der Waals surface area contributed by atoms with E-state index in [9.17, 15) is 122 Å². The third kappa shape index (κ3) is 33.4. The smallest absolute Gasteiger partial charge is 0.326 e. The van der Waals surface area contributed by atoms with Crippen molar-refractivity contribution in [2.45, 2.75) is 266 Å². The Bertz CT molecular complexity index is 4210. The van der Waals surface area contributed by atoms with Crippen LogP contribution in [0.1, 0.15) is 156 Å². The van der Waals surface area contributed by atoms with Gasteiger partial charge >= 0.3 is 17.9 Å². The van der Waals surface area contributed by atoms with E-state index in [4.69, 9.17) is 22.6 Å². The number of nitrogens with zero attached hydrogens (tertiary/aromatic N) is 3. The van der Waals surface area contributed by atoms with E-state index in [1.807, 2.05) is 0 Å². The molecule has 2 aromatic rings. The molecule has 0 unspecified atom stereocenters. The number of carboxylic acids is 3. The number of amides is 15. The van der Waals surface area contributed by atoms with Gasteiger partial charge in [0.2, 0.25) is 88.6 Å². The maximum atomic E-state index is 14.6. The summed E-state index contributed by atoms with van der Waals surface area (Å²) in [5.74, 6) is -21.5. The molecule has 46 heteroatoms. The number of unbranched alkanes of at least 4 members (excludes halogenated alkanes) is 1. The van der Waals surface area contributed by atoms with E-state index in [0.717, 1.165) is 18.7 Å². The Morgan fingerprint density at radius 1 is 0.469 bits per heavy atom. The Morgan fingerprint density at radius 3 is 1.40 bits per heavy atom. The van der Waals surface area contributed by atoms with Gasteiger partial charge in [0, 0.05) is 51.2 Å². The van der Waals surface area contributed by atoms with Crippen LogP contribution >= 0.6 is 12.6 Å². The molecule has 27 N–H and O–H groups in total. The molecule has 3 heterocycles. The zero-order valence-electron chi connectivity index (χ0n) is 72.7. The van der Waals surface area contributed by atoms with Crippen molar-refractivity contribution in [3.05, 3.63) is 65.7 Å². The van der Waals surface area contributed by atoms with E-state index >= 15 is 0 Å². The minimum absolute atomic E-state index is 0.0404. The van der Waals surface area contributed by atoms with Crippen LogP contribution in [0, 0.1) is 17.2 Å². The third-order valence-corrected chi connectivity index (χ3v) is 22.0. The molecule has 15 amide bonds. The maximum Gasteiger partial charge on any atom is 0.326 e. The number of nitrogens with two attached hydrogens (primary N) is 3. The Balaban J connectivity index is 1.26. The van der Waals surface area contributed by atoms with Crippen LogP contribution in [0.5, 0.6) is 5.75 Å². The highest BCUT2D eigenvalue weighted by Crippen LogP contribution is 2.25. The minimum atomic E-state index is -2.13. The highest BCUT2D eigenvalue weighted by molar-refractivity contribution is 7.80. The molecule has 0 radical (unpaired) electrons. The topological polar surface area (TPSA) is 717 Å². The standard InChI is InChI=1S/C82H126N20O25S/c1-41(2)35-52(91-66(111)43(5)88-72(117)56(39-103)95-68(113)53(36-46-17-9-8-10-18-46)92-73(118)57(40-128)96-76(121)58-21-14-32-100(58)78(123)49(84)19-13-31-87-82(85)86)70(115)99-65(45(7)105)80(125)102-34-16-23-60(102)75(120)93-55(38-62(109)110)69(114)89-50(28-29-61(107)108)67(112)98-64(44(6)104)77(122)94-54(37-47-24-26-48(106)27-25-47)71(116)97-63(42(3)4)79(124)101-33-15-22-59(101)74(119)90-51(81(126)127)20-11-12-30-83/h8-10,17-18,24-27,41-45,49-60,63-65,103-106,128H,11-16,19-23,28-40,83-84H2,1-7H3,(H,88,117)(H,89,114)(H,90,119)(H,91,111)(H,92,118)(H,93,120)(H,94,122)(H,95,113)(H,96,121)(H,97,116)(H,98,112)(H,99,115)(H,107,108)(H,109,110)(H,126,127)(H4,85,86,87)/t43-,44+,45+,49-,50-,51-,52-,53-,54-,55-,56-,57-,58-,59-,60-,63-,64-,65-/m0/s1. The second-order valence-electron chi connectivity index (χ2n) is 32.8. The molecule has 5 rings (SSSR count). The lowest BCUT2D eigenvalue weighted by Crippen LogP contribution is -2.63. The van der Waals surface area contributed by atoms with Crippen molar-refractivity contribution in [2.24, 2.45) is 29.0 Å². The summed E-state index contributed by atoms with van der Waals surface area (Å²) in [6.07, 6.45) is -4.61. The summed E-state index contributed by atoms with van der Waals surface area (Å²) in [6.45, 7) is 9.35. The predicted octanol–water partition coefficient (Wildman–Crippen LogP) is -6.48. The molecule has 18 atom stereocenters. The SMILES string of the molecule is CC(C)C[C@H](NC(=O)[C@H](C)NC(=O)[C@H](CO)NC(=O)[C@H](Cc1ccccc1)NC(=O)[C@H](CS)NC(=O)[C@@H]1CCCN1C(=O)[C@@H](N)CCCNC(=N)N)C(=O)N[C@H](C(=O)N1CCC[C@H]1C(=O)N[C@@H](CC(=O)O)C(=O)N[C@@H](CCC(=O)O)C(=O)N[C@H](C(=O)N[C@@H](Cc1ccc(O)cc1)C(=O)N[C@H](C(=O)N1CCC[C@H]1C(=O)N[C@@H](CCCCN)C(=O)O)C(C)C)[C@@H](C)O)[C@@H](C)O. The number of aromatic hydroxyl groups is 1. The Hall–Kier alpha value is -11.9. The van der Waals surface area contributed by atoms with Crippen LogP contribution in [-0.2, 0) is 99.1 Å². The first-order valence-electron chi connectivity index (χ1n) is 42.6. The van der Waals surface area contributed by atoms with Gasteiger partial charge in [0.25, 0.3) is 0 Å². The molecular weight excluding hydrogens is 1700 g/mol. The highest BCUT2D eigenvalue weighted by atomic mass is 32.1. The molecule has 0 spiro atoms. The number of phenolic OH excluding ortho intramolecular Hbond substituents is 1. The van der Waals surface area contributed by atoms with E-state index in [2.05, 4.69) is 81.7 Å². The molecule has 128 heavy (non-hydrogen) atoms. The molecular formula is C82H126N20O25S. The van der Waals surface area contributed by atoms with Gasteiger partial charge in [-0.15, -0.1) is 0 Å². The summed E-state index contributed by atoms with van der Waals surface area (Å²) in [6, 6.07) is -11.3. The number of guanidine groups is 1. The summed E-state index contributed by atoms with van der Waals surface area (Å²) >= 11 is 4.28. The van der Waals surface area contributed by atoms with Gasteiger partial charge in [0.1, 0.15) is 96.4 Å².